The summed E-state index contributed by atoms with van der Waals surface area (Å²) in [5, 5.41) is 9.19. The Balaban J connectivity index is 2.37. The highest BCUT2D eigenvalue weighted by molar-refractivity contribution is 7.89. The summed E-state index contributed by atoms with van der Waals surface area (Å²) in [5.74, 6) is -1.15. The number of hydrogen-bond donors (Lipinski definition) is 2. The lowest BCUT2D eigenvalue weighted by atomic mass is 10.0. The average molecular weight is 323 g/mol. The highest BCUT2D eigenvalue weighted by Gasteiger charge is 2.36. The molecule has 2 atom stereocenters. The van der Waals surface area contributed by atoms with E-state index in [1.54, 1.807) is 6.92 Å². The zero-order valence-corrected chi connectivity index (χ0v) is 12.5. The summed E-state index contributed by atoms with van der Waals surface area (Å²) in [6, 6.07) is 2.23. The molecule has 3 N–H and O–H groups in total. The summed E-state index contributed by atoms with van der Waals surface area (Å²) in [4.78, 5) is -0.520. The largest absolute Gasteiger partial charge is 0.399 e. The van der Waals surface area contributed by atoms with Crippen LogP contribution >= 0.6 is 11.6 Å². The third kappa shape index (κ3) is 2.76. The number of halogens is 2. The molecular formula is C12H16ClFN2O3S. The van der Waals surface area contributed by atoms with E-state index in [9.17, 15) is 17.9 Å². The van der Waals surface area contributed by atoms with Crippen molar-refractivity contribution in [2.45, 2.75) is 24.3 Å². The van der Waals surface area contributed by atoms with Gasteiger partial charge in [0.05, 0.1) is 11.1 Å². The highest BCUT2D eigenvalue weighted by Crippen LogP contribution is 2.31. The topological polar surface area (TPSA) is 83.6 Å². The van der Waals surface area contributed by atoms with Gasteiger partial charge in [-0.25, -0.2) is 12.8 Å². The monoisotopic (exact) mass is 322 g/mol. The predicted octanol–water partition coefficient (Wildman–Crippen LogP) is 1.45. The Labute approximate surface area is 122 Å². The summed E-state index contributed by atoms with van der Waals surface area (Å²) in [5.41, 5.74) is 5.61. The van der Waals surface area contributed by atoms with Crippen molar-refractivity contribution in [3.8, 4) is 0 Å². The van der Waals surface area contributed by atoms with Crippen molar-refractivity contribution in [3.05, 3.63) is 23.0 Å². The number of aliphatic hydroxyl groups is 1. The fourth-order valence-corrected chi connectivity index (χ4v) is 4.19. The minimum Gasteiger partial charge on any atom is -0.399 e. The molecule has 0 bridgehead atoms. The number of anilines is 1. The molecule has 0 aromatic heterocycles. The van der Waals surface area contributed by atoms with Crippen molar-refractivity contribution in [1.82, 2.24) is 4.31 Å². The van der Waals surface area contributed by atoms with Crippen molar-refractivity contribution in [3.63, 3.8) is 0 Å². The minimum absolute atomic E-state index is 0.0845. The molecule has 1 aliphatic rings. The molecule has 0 spiro atoms. The smallest absolute Gasteiger partial charge is 0.246 e. The van der Waals surface area contributed by atoms with Crippen molar-refractivity contribution in [2.24, 2.45) is 5.92 Å². The number of sulfonamides is 1. The van der Waals surface area contributed by atoms with E-state index in [1.165, 1.54) is 6.07 Å². The number of nitrogen functional groups attached to an aromatic ring is 1. The van der Waals surface area contributed by atoms with Crippen LogP contribution in [0.3, 0.4) is 0 Å². The van der Waals surface area contributed by atoms with Crippen molar-refractivity contribution in [2.75, 3.05) is 18.8 Å². The third-order valence-electron chi connectivity index (χ3n) is 3.50. The van der Waals surface area contributed by atoms with Gasteiger partial charge in [-0.05, 0) is 31.4 Å². The molecule has 2 unspecified atom stereocenters. The van der Waals surface area contributed by atoms with Crippen LogP contribution in [0.4, 0.5) is 10.1 Å². The molecule has 1 aromatic rings. The molecule has 112 valence electrons. The maximum absolute atomic E-state index is 13.9. The molecule has 1 aliphatic heterocycles. The van der Waals surface area contributed by atoms with Gasteiger partial charge in [-0.15, -0.1) is 0 Å². The summed E-state index contributed by atoms with van der Waals surface area (Å²) in [7, 11) is -4.00. The van der Waals surface area contributed by atoms with Crippen LogP contribution in [0.15, 0.2) is 17.0 Å². The van der Waals surface area contributed by atoms with Gasteiger partial charge in [0.25, 0.3) is 0 Å². The molecule has 5 nitrogen and oxygen atoms in total. The lowest BCUT2D eigenvalue weighted by molar-refractivity contribution is 0.133. The predicted molar refractivity (Wildman–Crippen MR) is 74.4 cm³/mol. The average Bonchev–Trinajstić information content (AvgIpc) is 2.83. The molecular weight excluding hydrogens is 307 g/mol. The third-order valence-corrected chi connectivity index (χ3v) is 5.64. The number of benzene rings is 1. The zero-order valence-electron chi connectivity index (χ0n) is 10.9. The summed E-state index contributed by atoms with van der Waals surface area (Å²) in [6.07, 6.45) is -0.0707. The summed E-state index contributed by atoms with van der Waals surface area (Å²) < 4.78 is 39.9. The lowest BCUT2D eigenvalue weighted by Crippen LogP contribution is -2.31. The quantitative estimate of drug-likeness (QED) is 0.825. The second-order valence-corrected chi connectivity index (χ2v) is 7.28. The van der Waals surface area contributed by atoms with Gasteiger partial charge in [-0.2, -0.15) is 4.31 Å². The number of aliphatic hydroxyl groups excluding tert-OH is 1. The Morgan fingerprint density at radius 1 is 1.55 bits per heavy atom. The van der Waals surface area contributed by atoms with Gasteiger partial charge in [0.1, 0.15) is 4.90 Å². The van der Waals surface area contributed by atoms with Gasteiger partial charge in [-0.3, -0.25) is 0 Å². The molecule has 2 rings (SSSR count). The Bertz CT molecular complexity index is 621. The van der Waals surface area contributed by atoms with E-state index in [2.05, 4.69) is 0 Å². The van der Waals surface area contributed by atoms with Gasteiger partial charge in [0.2, 0.25) is 10.0 Å². The van der Waals surface area contributed by atoms with E-state index in [0.717, 1.165) is 10.4 Å². The summed E-state index contributed by atoms with van der Waals surface area (Å²) >= 11 is 5.63. The fourth-order valence-electron chi connectivity index (χ4n) is 2.28. The van der Waals surface area contributed by atoms with Crippen LogP contribution in [0.1, 0.15) is 13.3 Å². The molecule has 20 heavy (non-hydrogen) atoms. The second-order valence-electron chi connectivity index (χ2n) is 4.97. The standard InChI is InChI=1S/C12H16ClFN2O3S/c1-7(17)8-2-3-16(6-8)20(18,19)11-5-9(15)4-10(13)12(11)14/h4-5,7-8,17H,2-3,6,15H2,1H3. The molecule has 1 heterocycles. The molecule has 1 aromatic carbocycles. The van der Waals surface area contributed by atoms with Crippen molar-refractivity contribution >= 4 is 27.3 Å². The van der Waals surface area contributed by atoms with Crippen LogP contribution in [-0.2, 0) is 10.0 Å². The van der Waals surface area contributed by atoms with Gasteiger partial charge < -0.3 is 10.8 Å². The fraction of sp³-hybridized carbons (Fsp3) is 0.500. The number of nitrogens with zero attached hydrogens (tertiary/aromatic N) is 1. The van der Waals surface area contributed by atoms with Crippen LogP contribution in [0.5, 0.6) is 0 Å². The summed E-state index contributed by atoms with van der Waals surface area (Å²) in [6.45, 7) is 2.01. The first-order valence-electron chi connectivity index (χ1n) is 6.16. The van der Waals surface area contributed by atoms with E-state index in [0.29, 0.717) is 6.42 Å². The molecule has 0 saturated carbocycles. The Morgan fingerprint density at radius 3 is 2.75 bits per heavy atom. The van der Waals surface area contributed by atoms with E-state index in [-0.39, 0.29) is 29.7 Å². The Kier molecular flexibility index (Phi) is 4.24. The first kappa shape index (κ1) is 15.5. The van der Waals surface area contributed by atoms with Crippen LogP contribution in [-0.4, -0.2) is 37.0 Å². The SMILES string of the molecule is CC(O)C1CCN(S(=O)(=O)c2cc(N)cc(Cl)c2F)C1. The van der Waals surface area contributed by atoms with Crippen LogP contribution in [0.25, 0.3) is 0 Å². The number of hydrogen-bond acceptors (Lipinski definition) is 4. The molecule has 1 fully saturated rings. The zero-order chi connectivity index (χ0) is 15.1. The lowest BCUT2D eigenvalue weighted by Gasteiger charge is -2.18. The Morgan fingerprint density at radius 2 is 2.20 bits per heavy atom. The molecule has 8 heteroatoms. The van der Waals surface area contributed by atoms with Gasteiger partial charge in [-0.1, -0.05) is 11.6 Å². The maximum atomic E-state index is 13.9. The second kappa shape index (κ2) is 5.48. The van der Waals surface area contributed by atoms with Gasteiger partial charge in [0, 0.05) is 18.8 Å². The highest BCUT2D eigenvalue weighted by atomic mass is 35.5. The Hall–Kier alpha value is -0.890. The van der Waals surface area contributed by atoms with Crippen molar-refractivity contribution in [1.29, 1.82) is 0 Å². The first-order valence-corrected chi connectivity index (χ1v) is 7.98. The van der Waals surface area contributed by atoms with Gasteiger partial charge >= 0.3 is 0 Å². The van der Waals surface area contributed by atoms with Gasteiger partial charge in [0.15, 0.2) is 5.82 Å². The first-order chi connectivity index (χ1) is 9.23. The molecule has 0 amide bonds. The van der Waals surface area contributed by atoms with Crippen LogP contribution in [0, 0.1) is 11.7 Å². The van der Waals surface area contributed by atoms with E-state index in [4.69, 9.17) is 17.3 Å². The number of nitrogens with two attached hydrogens (primary N) is 1. The van der Waals surface area contributed by atoms with E-state index >= 15 is 0 Å². The molecule has 0 radical (unpaired) electrons. The minimum atomic E-state index is -4.00. The van der Waals surface area contributed by atoms with Crippen LogP contribution in [0.2, 0.25) is 5.02 Å². The number of rotatable bonds is 3. The normalized spacial score (nSPS) is 22.1. The van der Waals surface area contributed by atoms with Crippen molar-refractivity contribution < 1.29 is 17.9 Å². The van der Waals surface area contributed by atoms with E-state index in [1.807, 2.05) is 0 Å². The molecule has 0 aliphatic carbocycles. The maximum Gasteiger partial charge on any atom is 0.246 e. The molecule has 1 saturated heterocycles. The van der Waals surface area contributed by atoms with E-state index < -0.39 is 26.8 Å². The van der Waals surface area contributed by atoms with Crippen LogP contribution < -0.4 is 5.73 Å².